The first-order valence-corrected chi connectivity index (χ1v) is 6.10. The maximum Gasteiger partial charge on any atom is 0.469 e. The molecule has 0 aliphatic rings. The van der Waals surface area contributed by atoms with Crippen LogP contribution in [-0.2, 0) is 14.5 Å². The summed E-state index contributed by atoms with van der Waals surface area (Å²) in [5.74, 6) is 0. The third-order valence-corrected chi connectivity index (χ3v) is 2.61. The highest BCUT2D eigenvalue weighted by atomic mass is 31.2. The van der Waals surface area contributed by atoms with E-state index in [1.807, 2.05) is 44.2 Å². The zero-order chi connectivity index (χ0) is 11.5. The maximum atomic E-state index is 10.6. The molecular weight excluding hydrogens is 215 g/mol. The van der Waals surface area contributed by atoms with Gasteiger partial charge in [-0.05, 0) is 5.56 Å². The Kier molecular flexibility index (Phi) is 3.68. The van der Waals surface area contributed by atoms with Gasteiger partial charge in [0.15, 0.2) is 0 Å². The Bertz CT molecular complexity index is 355. The number of benzene rings is 1. The Morgan fingerprint density at radius 3 is 2.27 bits per heavy atom. The van der Waals surface area contributed by atoms with E-state index in [1.54, 1.807) is 0 Å². The lowest BCUT2D eigenvalue weighted by molar-refractivity contribution is 0.163. The molecule has 0 aliphatic carbocycles. The molecule has 4 nitrogen and oxygen atoms in total. The van der Waals surface area contributed by atoms with Gasteiger partial charge in [-0.15, -0.1) is 0 Å². The molecule has 5 heteroatoms. The van der Waals surface area contributed by atoms with Gasteiger partial charge < -0.3 is 9.79 Å². The topological polar surface area (TPSA) is 66.8 Å². The Morgan fingerprint density at radius 2 is 1.80 bits per heavy atom. The average molecular weight is 230 g/mol. The molecule has 0 fully saturated rings. The van der Waals surface area contributed by atoms with Crippen molar-refractivity contribution in [1.82, 2.24) is 0 Å². The largest absolute Gasteiger partial charge is 0.469 e. The zero-order valence-electron chi connectivity index (χ0n) is 8.75. The van der Waals surface area contributed by atoms with E-state index in [0.29, 0.717) is 0 Å². The second kappa shape index (κ2) is 4.45. The van der Waals surface area contributed by atoms with E-state index in [-0.39, 0.29) is 6.61 Å². The molecule has 2 N–H and O–H groups in total. The van der Waals surface area contributed by atoms with Gasteiger partial charge in [-0.2, -0.15) is 0 Å². The second-order valence-electron chi connectivity index (χ2n) is 4.01. The SMILES string of the molecule is CC(C)(COP(=O)(O)O)c1ccccc1. The summed E-state index contributed by atoms with van der Waals surface area (Å²) < 4.78 is 15.1. The quantitative estimate of drug-likeness (QED) is 0.777. The van der Waals surface area contributed by atoms with Crippen LogP contribution in [0.15, 0.2) is 30.3 Å². The normalized spacial score (nSPS) is 12.8. The molecule has 0 aromatic heterocycles. The first-order chi connectivity index (χ1) is 6.81. The van der Waals surface area contributed by atoms with Crippen molar-refractivity contribution in [3.05, 3.63) is 35.9 Å². The molecule has 1 aromatic rings. The van der Waals surface area contributed by atoms with Gasteiger partial charge in [-0.25, -0.2) is 4.57 Å². The molecule has 84 valence electrons. The lowest BCUT2D eigenvalue weighted by atomic mass is 9.86. The van der Waals surface area contributed by atoms with Crippen molar-refractivity contribution in [2.45, 2.75) is 19.3 Å². The Hall–Kier alpha value is -0.670. The summed E-state index contributed by atoms with van der Waals surface area (Å²) >= 11 is 0. The van der Waals surface area contributed by atoms with Crippen LogP contribution in [0.1, 0.15) is 19.4 Å². The summed E-state index contributed by atoms with van der Waals surface area (Å²) in [6, 6.07) is 9.47. The fourth-order valence-corrected chi connectivity index (χ4v) is 1.71. The number of phosphoric acid groups is 1. The molecule has 1 rings (SSSR count). The van der Waals surface area contributed by atoms with E-state index < -0.39 is 13.2 Å². The molecule has 0 atom stereocenters. The summed E-state index contributed by atoms with van der Waals surface area (Å²) in [7, 11) is -4.38. The summed E-state index contributed by atoms with van der Waals surface area (Å²) in [5, 5.41) is 0. The van der Waals surface area contributed by atoms with Crippen LogP contribution < -0.4 is 0 Å². The maximum absolute atomic E-state index is 10.6. The first kappa shape index (κ1) is 12.4. The second-order valence-corrected chi connectivity index (χ2v) is 5.25. The number of rotatable bonds is 4. The number of hydrogen-bond donors (Lipinski definition) is 2. The van der Waals surface area contributed by atoms with Crippen molar-refractivity contribution in [2.75, 3.05) is 6.61 Å². The van der Waals surface area contributed by atoms with Crippen LogP contribution in [0.25, 0.3) is 0 Å². The summed E-state index contributed by atoms with van der Waals surface area (Å²) in [6.45, 7) is 3.73. The average Bonchev–Trinajstić information content (AvgIpc) is 2.16. The van der Waals surface area contributed by atoms with Gasteiger partial charge in [0.1, 0.15) is 0 Å². The third kappa shape index (κ3) is 4.14. The smallest absolute Gasteiger partial charge is 0.303 e. The van der Waals surface area contributed by atoms with E-state index in [9.17, 15) is 4.57 Å². The summed E-state index contributed by atoms with van der Waals surface area (Å²) in [4.78, 5) is 17.2. The van der Waals surface area contributed by atoms with Crippen LogP contribution in [0.4, 0.5) is 0 Å². The Morgan fingerprint density at radius 1 is 1.27 bits per heavy atom. The van der Waals surface area contributed by atoms with E-state index in [2.05, 4.69) is 4.52 Å². The van der Waals surface area contributed by atoms with Crippen molar-refractivity contribution in [1.29, 1.82) is 0 Å². The fourth-order valence-electron chi connectivity index (χ4n) is 1.22. The van der Waals surface area contributed by atoms with Gasteiger partial charge in [0.25, 0.3) is 0 Å². The van der Waals surface area contributed by atoms with Crippen molar-refractivity contribution in [3.63, 3.8) is 0 Å². The molecule has 0 saturated carbocycles. The standard InChI is InChI=1S/C10H15O4P/c1-10(2,8-14-15(11,12)13)9-6-4-3-5-7-9/h3-7H,8H2,1-2H3,(H2,11,12,13). The van der Waals surface area contributed by atoms with E-state index in [4.69, 9.17) is 9.79 Å². The van der Waals surface area contributed by atoms with Crippen LogP contribution in [-0.4, -0.2) is 16.4 Å². The molecule has 0 spiro atoms. The van der Waals surface area contributed by atoms with Crippen LogP contribution in [0, 0.1) is 0 Å². The van der Waals surface area contributed by atoms with Crippen LogP contribution in [0.2, 0.25) is 0 Å². The summed E-state index contributed by atoms with van der Waals surface area (Å²) in [6.07, 6.45) is 0. The first-order valence-electron chi connectivity index (χ1n) is 4.57. The zero-order valence-corrected chi connectivity index (χ0v) is 9.65. The number of phosphoric ester groups is 1. The minimum absolute atomic E-state index is 0.0126. The van der Waals surface area contributed by atoms with E-state index in [1.165, 1.54) is 0 Å². The molecule has 1 aromatic carbocycles. The molecule has 15 heavy (non-hydrogen) atoms. The third-order valence-electron chi connectivity index (χ3n) is 2.15. The summed E-state index contributed by atoms with van der Waals surface area (Å²) in [5.41, 5.74) is 0.570. The Balaban J connectivity index is 2.72. The van der Waals surface area contributed by atoms with Crippen LogP contribution in [0.3, 0.4) is 0 Å². The van der Waals surface area contributed by atoms with Gasteiger partial charge in [0, 0.05) is 5.41 Å². The highest BCUT2D eigenvalue weighted by Crippen LogP contribution is 2.38. The lowest BCUT2D eigenvalue weighted by Gasteiger charge is -2.24. The van der Waals surface area contributed by atoms with Crippen molar-refractivity contribution < 1.29 is 18.9 Å². The van der Waals surface area contributed by atoms with Crippen molar-refractivity contribution >= 4 is 7.82 Å². The Labute approximate surface area is 89.1 Å². The molecule has 0 amide bonds. The highest BCUT2D eigenvalue weighted by molar-refractivity contribution is 7.46. The van der Waals surface area contributed by atoms with Gasteiger partial charge >= 0.3 is 7.82 Å². The molecule has 0 unspecified atom stereocenters. The van der Waals surface area contributed by atoms with Crippen LogP contribution in [0.5, 0.6) is 0 Å². The lowest BCUT2D eigenvalue weighted by Crippen LogP contribution is -2.23. The molecule has 0 heterocycles. The van der Waals surface area contributed by atoms with Crippen molar-refractivity contribution in [2.24, 2.45) is 0 Å². The minimum Gasteiger partial charge on any atom is -0.303 e. The predicted octanol–water partition coefficient (Wildman–Crippen LogP) is 2.07. The highest BCUT2D eigenvalue weighted by Gasteiger charge is 2.25. The monoisotopic (exact) mass is 230 g/mol. The fraction of sp³-hybridized carbons (Fsp3) is 0.400. The van der Waals surface area contributed by atoms with E-state index >= 15 is 0 Å². The van der Waals surface area contributed by atoms with Gasteiger partial charge in [-0.3, -0.25) is 4.52 Å². The molecule has 0 aliphatic heterocycles. The molecule has 0 radical (unpaired) electrons. The molecule has 0 saturated heterocycles. The number of hydrogen-bond acceptors (Lipinski definition) is 2. The van der Waals surface area contributed by atoms with Gasteiger partial charge in [0.2, 0.25) is 0 Å². The van der Waals surface area contributed by atoms with E-state index in [0.717, 1.165) is 5.56 Å². The van der Waals surface area contributed by atoms with Crippen molar-refractivity contribution in [3.8, 4) is 0 Å². The minimum atomic E-state index is -4.38. The predicted molar refractivity (Wildman–Crippen MR) is 57.5 cm³/mol. The van der Waals surface area contributed by atoms with Gasteiger partial charge in [0.05, 0.1) is 6.61 Å². The van der Waals surface area contributed by atoms with Gasteiger partial charge in [-0.1, -0.05) is 44.2 Å². The molecular formula is C10H15O4P. The molecule has 0 bridgehead atoms. The van der Waals surface area contributed by atoms with Crippen LogP contribution >= 0.6 is 7.82 Å².